The van der Waals surface area contributed by atoms with Crippen LogP contribution in [-0.2, 0) is 0 Å². The number of imidazole rings is 2. The van der Waals surface area contributed by atoms with Crippen LogP contribution in [0.3, 0.4) is 0 Å². The minimum atomic E-state index is 0.654. The topological polar surface area (TPSA) is 116 Å². The van der Waals surface area contributed by atoms with Crippen molar-refractivity contribution in [2.45, 2.75) is 13.8 Å². The first-order valence-corrected chi connectivity index (χ1v) is 12.1. The summed E-state index contributed by atoms with van der Waals surface area (Å²) in [5, 5.41) is 11.9. The van der Waals surface area contributed by atoms with E-state index >= 15 is 0 Å². The Kier molecular flexibility index (Phi) is 6.71. The zero-order chi connectivity index (χ0) is 26.8. The summed E-state index contributed by atoms with van der Waals surface area (Å²) in [5.41, 5.74) is 8.41. The van der Waals surface area contributed by atoms with E-state index in [1.165, 1.54) is 0 Å². The number of H-pyrrole nitrogens is 2. The first-order valence-electron chi connectivity index (χ1n) is 12.1. The Bertz CT molecular complexity index is 1660. The van der Waals surface area contributed by atoms with Crippen molar-refractivity contribution in [3.63, 3.8) is 0 Å². The molecule has 0 aliphatic rings. The maximum absolute atomic E-state index is 4.92. The van der Waals surface area contributed by atoms with E-state index in [0.29, 0.717) is 11.5 Å². The maximum atomic E-state index is 4.92. The molecule has 0 unspecified atom stereocenters. The molecule has 5 aromatic heterocycles. The van der Waals surface area contributed by atoms with Crippen molar-refractivity contribution < 1.29 is 0 Å². The van der Waals surface area contributed by atoms with Gasteiger partial charge in [-0.25, -0.2) is 9.97 Å². The number of anilines is 1. The number of likely N-dealkylation sites (N-methyl/N-ethyl adjacent to an activating group) is 1. The van der Waals surface area contributed by atoms with Gasteiger partial charge < -0.3 is 19.8 Å². The molecule has 0 atom stereocenters. The van der Waals surface area contributed by atoms with Crippen molar-refractivity contribution in [2.24, 2.45) is 0 Å². The van der Waals surface area contributed by atoms with E-state index in [1.807, 2.05) is 56.9 Å². The van der Waals surface area contributed by atoms with Gasteiger partial charge in [-0.2, -0.15) is 5.10 Å². The van der Waals surface area contributed by atoms with E-state index in [0.717, 1.165) is 62.9 Å². The average Bonchev–Trinajstić information content (AvgIpc) is 3.60. The summed E-state index contributed by atoms with van der Waals surface area (Å²) < 4.78 is 1.94. The quantitative estimate of drug-likeness (QED) is 0.246. The number of nitrogens with zero attached hydrogens (tertiary/aromatic N) is 7. The van der Waals surface area contributed by atoms with Crippen LogP contribution in [-0.4, -0.2) is 65.2 Å². The molecule has 0 bridgehead atoms. The molecule has 0 aromatic carbocycles. The van der Waals surface area contributed by atoms with Gasteiger partial charge in [0.1, 0.15) is 11.4 Å². The SMILES string of the molecule is C=C/C=C(\c1nc(-c2n[nH]c3cnc(-c4cncc(NC(=C)CN(C)C)c4)cc23)[nH]c1C)n1cnc(C)c1. The normalized spacial score (nSPS) is 11.9. The highest BCUT2D eigenvalue weighted by atomic mass is 15.1. The lowest BCUT2D eigenvalue weighted by atomic mass is 10.1. The van der Waals surface area contributed by atoms with E-state index in [-0.39, 0.29) is 0 Å². The first kappa shape index (κ1) is 24.8. The molecule has 3 N–H and O–H groups in total. The van der Waals surface area contributed by atoms with Crippen LogP contribution < -0.4 is 5.32 Å². The van der Waals surface area contributed by atoms with Crippen molar-refractivity contribution in [3.8, 4) is 22.8 Å². The van der Waals surface area contributed by atoms with Crippen LogP contribution in [0, 0.1) is 13.8 Å². The fraction of sp³-hybridized carbons (Fsp3) is 0.179. The predicted molar refractivity (Wildman–Crippen MR) is 151 cm³/mol. The van der Waals surface area contributed by atoms with E-state index in [1.54, 1.807) is 31.0 Å². The highest BCUT2D eigenvalue weighted by Gasteiger charge is 2.18. The van der Waals surface area contributed by atoms with E-state index in [9.17, 15) is 0 Å². The Balaban J connectivity index is 1.50. The zero-order valence-electron chi connectivity index (χ0n) is 21.9. The average molecular weight is 507 g/mol. The summed E-state index contributed by atoms with van der Waals surface area (Å²) in [7, 11) is 4.00. The molecule has 0 radical (unpaired) electrons. The van der Waals surface area contributed by atoms with E-state index in [2.05, 4.69) is 53.5 Å². The lowest BCUT2D eigenvalue weighted by Crippen LogP contribution is -2.18. The second-order valence-corrected chi connectivity index (χ2v) is 9.38. The van der Waals surface area contributed by atoms with Gasteiger partial charge in [0.2, 0.25) is 0 Å². The number of pyridine rings is 2. The molecule has 192 valence electrons. The second-order valence-electron chi connectivity index (χ2n) is 9.38. The molecule has 0 spiro atoms. The Labute approximate surface area is 220 Å². The maximum Gasteiger partial charge on any atom is 0.159 e. The Morgan fingerprint density at radius 2 is 2.00 bits per heavy atom. The number of aromatic nitrogens is 8. The minimum absolute atomic E-state index is 0.654. The fourth-order valence-electron chi connectivity index (χ4n) is 4.30. The van der Waals surface area contributed by atoms with Gasteiger partial charge in [-0.05, 0) is 46.2 Å². The number of rotatable bonds is 9. The summed E-state index contributed by atoms with van der Waals surface area (Å²) in [6, 6.07) is 4.01. The van der Waals surface area contributed by atoms with Crippen molar-refractivity contribution >= 4 is 22.3 Å². The Morgan fingerprint density at radius 3 is 2.74 bits per heavy atom. The molecule has 5 rings (SSSR count). The summed E-state index contributed by atoms with van der Waals surface area (Å²) in [6.07, 6.45) is 12.7. The van der Waals surface area contributed by atoms with Crippen molar-refractivity contribution in [3.05, 3.63) is 91.3 Å². The summed E-state index contributed by atoms with van der Waals surface area (Å²) >= 11 is 0. The summed E-state index contributed by atoms with van der Waals surface area (Å²) in [5.74, 6) is 0.654. The van der Waals surface area contributed by atoms with Gasteiger partial charge in [-0.3, -0.25) is 15.1 Å². The molecule has 0 fully saturated rings. The number of aryl methyl sites for hydroxylation is 2. The van der Waals surface area contributed by atoms with Crippen LogP contribution >= 0.6 is 0 Å². The smallest absolute Gasteiger partial charge is 0.159 e. The predicted octanol–water partition coefficient (Wildman–Crippen LogP) is 4.79. The molecule has 5 aromatic rings. The van der Waals surface area contributed by atoms with Crippen LogP contribution in [0.4, 0.5) is 5.69 Å². The van der Waals surface area contributed by atoms with Crippen molar-refractivity contribution in [1.29, 1.82) is 0 Å². The van der Waals surface area contributed by atoms with Gasteiger partial charge >= 0.3 is 0 Å². The molecule has 0 aliphatic heterocycles. The number of allylic oxidation sites excluding steroid dienone is 2. The molecular formula is C28H30N10. The first-order chi connectivity index (χ1) is 18.3. The fourth-order valence-corrected chi connectivity index (χ4v) is 4.30. The van der Waals surface area contributed by atoms with Gasteiger partial charge in [0.15, 0.2) is 5.82 Å². The van der Waals surface area contributed by atoms with E-state index in [4.69, 9.17) is 4.98 Å². The van der Waals surface area contributed by atoms with Gasteiger partial charge in [-0.15, -0.1) is 0 Å². The molecule has 0 amide bonds. The number of fused-ring (bicyclic) bond motifs is 1. The molecule has 0 saturated heterocycles. The molecule has 0 saturated carbocycles. The molecular weight excluding hydrogens is 476 g/mol. The van der Waals surface area contributed by atoms with Gasteiger partial charge in [-0.1, -0.05) is 19.2 Å². The third-order valence-corrected chi connectivity index (χ3v) is 5.93. The van der Waals surface area contributed by atoms with Crippen LogP contribution in [0.1, 0.15) is 17.1 Å². The zero-order valence-corrected chi connectivity index (χ0v) is 21.9. The lowest BCUT2D eigenvalue weighted by Gasteiger charge is -2.14. The van der Waals surface area contributed by atoms with Crippen LogP contribution in [0.15, 0.2) is 74.3 Å². The van der Waals surface area contributed by atoms with E-state index < -0.39 is 0 Å². The molecule has 5 heterocycles. The molecule has 0 aliphatic carbocycles. The van der Waals surface area contributed by atoms with Crippen LogP contribution in [0.5, 0.6) is 0 Å². The second kappa shape index (κ2) is 10.3. The largest absolute Gasteiger partial charge is 0.357 e. The van der Waals surface area contributed by atoms with Crippen LogP contribution in [0.25, 0.3) is 39.4 Å². The standard InChI is InChI=1S/C28H30N10/c1-7-8-25(38-15-17(2)31-16-38)26-19(4)33-28(34-26)27-22-10-23(30-13-24(22)35-36-27)20-9-21(12-29-11-20)32-18(3)14-37(5)6/h7-13,15-16,32H,1,3,14H2,2,4-6H3,(H,33,34)(H,35,36)/b25-8+. The van der Waals surface area contributed by atoms with Crippen molar-refractivity contribution in [1.82, 2.24) is 44.6 Å². The van der Waals surface area contributed by atoms with Gasteiger partial charge in [0, 0.05) is 41.3 Å². The molecule has 38 heavy (non-hydrogen) atoms. The number of aromatic amines is 2. The van der Waals surface area contributed by atoms with Gasteiger partial charge in [0.05, 0.1) is 47.0 Å². The number of hydrogen-bond donors (Lipinski definition) is 3. The lowest BCUT2D eigenvalue weighted by molar-refractivity contribution is 0.447. The molecule has 10 heteroatoms. The monoisotopic (exact) mass is 506 g/mol. The van der Waals surface area contributed by atoms with Crippen molar-refractivity contribution in [2.75, 3.05) is 26.0 Å². The Morgan fingerprint density at radius 1 is 1.16 bits per heavy atom. The molecule has 10 nitrogen and oxygen atoms in total. The van der Waals surface area contributed by atoms with Gasteiger partial charge in [0.25, 0.3) is 0 Å². The van der Waals surface area contributed by atoms with Crippen LogP contribution in [0.2, 0.25) is 0 Å². The minimum Gasteiger partial charge on any atom is -0.357 e. The number of hydrogen-bond acceptors (Lipinski definition) is 7. The highest BCUT2D eigenvalue weighted by Crippen LogP contribution is 2.30. The highest BCUT2D eigenvalue weighted by molar-refractivity contribution is 5.93. The number of nitrogens with one attached hydrogen (secondary N) is 3. The Hall–Kier alpha value is -4.83. The third kappa shape index (κ3) is 5.02. The summed E-state index contributed by atoms with van der Waals surface area (Å²) in [4.78, 5) is 23.8. The third-order valence-electron chi connectivity index (χ3n) is 5.93. The summed E-state index contributed by atoms with van der Waals surface area (Å²) in [6.45, 7) is 12.6.